The number of nitrogens with zero attached hydrogens (tertiary/aromatic N) is 2. The molecule has 1 fully saturated rings. The molecule has 1 saturated carbocycles. The van der Waals surface area contributed by atoms with Gasteiger partial charge in [-0.3, -0.25) is 9.36 Å². The molecule has 3 unspecified atom stereocenters. The van der Waals surface area contributed by atoms with Gasteiger partial charge in [0.1, 0.15) is 0 Å². The van der Waals surface area contributed by atoms with Crippen LogP contribution in [-0.2, 0) is 9.53 Å². The zero-order valence-electron chi connectivity index (χ0n) is 16.6. The highest BCUT2D eigenvalue weighted by atomic mass is 32.2. The van der Waals surface area contributed by atoms with Gasteiger partial charge in [0.15, 0.2) is 17.0 Å². The number of hydrogen-bond acceptors (Lipinski definition) is 5. The Morgan fingerprint density at radius 2 is 1.96 bits per heavy atom. The van der Waals surface area contributed by atoms with Crippen LogP contribution in [0.3, 0.4) is 0 Å². The van der Waals surface area contributed by atoms with Crippen LogP contribution in [0.4, 0.5) is 0 Å². The predicted molar refractivity (Wildman–Crippen MR) is 110 cm³/mol. The number of carbonyl (C=O) groups is 2. The number of imidazole rings is 1. The average molecular weight is 402 g/mol. The molecule has 0 aliphatic heterocycles. The molecule has 1 N–H and O–H groups in total. The molecule has 0 bridgehead atoms. The van der Waals surface area contributed by atoms with E-state index in [0.29, 0.717) is 16.8 Å². The first-order valence-electron chi connectivity index (χ1n) is 9.69. The van der Waals surface area contributed by atoms with E-state index in [2.05, 4.69) is 17.2 Å². The molecule has 1 aromatic heterocycles. The molecule has 0 radical (unpaired) electrons. The van der Waals surface area contributed by atoms with E-state index in [1.807, 2.05) is 36.6 Å². The van der Waals surface area contributed by atoms with Gasteiger partial charge in [0.2, 0.25) is 0 Å². The summed E-state index contributed by atoms with van der Waals surface area (Å²) < 4.78 is 7.22. The van der Waals surface area contributed by atoms with E-state index < -0.39 is 12.1 Å². The van der Waals surface area contributed by atoms with E-state index in [0.717, 1.165) is 24.9 Å². The van der Waals surface area contributed by atoms with Crippen LogP contribution >= 0.6 is 11.8 Å². The van der Waals surface area contributed by atoms with Gasteiger partial charge >= 0.3 is 5.97 Å². The van der Waals surface area contributed by atoms with Crippen LogP contribution in [0.1, 0.15) is 50.0 Å². The van der Waals surface area contributed by atoms with Gasteiger partial charge in [-0.25, -0.2) is 9.78 Å². The number of amides is 1. The number of ether oxygens (including phenoxy) is 1. The maximum atomic E-state index is 12.8. The molecule has 150 valence electrons. The lowest BCUT2D eigenvalue weighted by molar-refractivity contribution is -0.130. The number of hydrogen-bond donors (Lipinski definition) is 1. The van der Waals surface area contributed by atoms with Crippen molar-refractivity contribution in [2.24, 2.45) is 5.92 Å². The predicted octanol–water partition coefficient (Wildman–Crippen LogP) is 3.83. The number of para-hydroxylation sites is 1. The summed E-state index contributed by atoms with van der Waals surface area (Å²) in [7, 11) is 0. The van der Waals surface area contributed by atoms with Gasteiger partial charge in [0, 0.05) is 11.7 Å². The second kappa shape index (κ2) is 9.28. The van der Waals surface area contributed by atoms with Gasteiger partial charge in [-0.15, -0.1) is 0 Å². The van der Waals surface area contributed by atoms with Crippen molar-refractivity contribution in [3.05, 3.63) is 42.2 Å². The van der Waals surface area contributed by atoms with Crippen molar-refractivity contribution >= 4 is 23.6 Å². The average Bonchev–Trinajstić information content (AvgIpc) is 3.14. The summed E-state index contributed by atoms with van der Waals surface area (Å²) in [5.74, 6) is -0.358. The monoisotopic (exact) mass is 401 g/mol. The van der Waals surface area contributed by atoms with Crippen molar-refractivity contribution in [1.29, 1.82) is 0 Å². The molecule has 2 aromatic rings. The van der Waals surface area contributed by atoms with Gasteiger partial charge in [0.25, 0.3) is 5.91 Å². The van der Waals surface area contributed by atoms with Crippen LogP contribution in [-0.4, -0.2) is 39.8 Å². The summed E-state index contributed by atoms with van der Waals surface area (Å²) in [5, 5.41) is 3.73. The van der Waals surface area contributed by atoms with Crippen LogP contribution < -0.4 is 5.32 Å². The second-order valence-corrected chi connectivity index (χ2v) is 8.00. The Hall–Kier alpha value is -2.28. The minimum absolute atomic E-state index is 0.153. The molecule has 0 saturated heterocycles. The third-order valence-electron chi connectivity index (χ3n) is 5.23. The molecule has 3 rings (SSSR count). The molecule has 3 atom stereocenters. The Morgan fingerprint density at radius 3 is 2.64 bits per heavy atom. The maximum Gasteiger partial charge on any atom is 0.357 e. The fourth-order valence-electron chi connectivity index (χ4n) is 3.55. The first kappa shape index (κ1) is 20.5. The van der Waals surface area contributed by atoms with Gasteiger partial charge in [0.05, 0.1) is 6.20 Å². The van der Waals surface area contributed by atoms with E-state index in [9.17, 15) is 9.59 Å². The van der Waals surface area contributed by atoms with Crippen LogP contribution in [0.25, 0.3) is 5.69 Å². The fraction of sp³-hybridized carbons (Fsp3) is 0.476. The molecule has 0 spiro atoms. The van der Waals surface area contributed by atoms with Crippen LogP contribution in [0.5, 0.6) is 0 Å². The fourth-order valence-corrected chi connectivity index (χ4v) is 4.10. The Kier molecular flexibility index (Phi) is 6.78. The molecular formula is C21H27N3O3S. The summed E-state index contributed by atoms with van der Waals surface area (Å²) in [6.07, 6.45) is 6.96. The minimum Gasteiger partial charge on any atom is -0.448 e. The molecule has 1 aromatic carbocycles. The number of carbonyl (C=O) groups excluding carboxylic acids is 2. The number of esters is 1. The summed E-state index contributed by atoms with van der Waals surface area (Å²) in [6.45, 7) is 3.77. The van der Waals surface area contributed by atoms with Crippen molar-refractivity contribution in [3.8, 4) is 5.69 Å². The van der Waals surface area contributed by atoms with Crippen LogP contribution in [0.15, 0.2) is 41.7 Å². The Morgan fingerprint density at radius 1 is 1.25 bits per heavy atom. The van der Waals surface area contributed by atoms with Crippen molar-refractivity contribution < 1.29 is 14.3 Å². The highest BCUT2D eigenvalue weighted by Gasteiger charge is 2.28. The summed E-state index contributed by atoms with van der Waals surface area (Å²) in [4.78, 5) is 29.6. The second-order valence-electron chi connectivity index (χ2n) is 7.23. The lowest BCUT2D eigenvalue weighted by Crippen LogP contribution is -2.46. The normalized spacial score (nSPS) is 20.4. The number of aromatic nitrogens is 2. The lowest BCUT2D eigenvalue weighted by Gasteiger charge is -2.30. The summed E-state index contributed by atoms with van der Waals surface area (Å²) in [5.41, 5.74) is 1.13. The zero-order valence-corrected chi connectivity index (χ0v) is 17.4. The molecule has 6 nitrogen and oxygen atoms in total. The lowest BCUT2D eigenvalue weighted by atomic mass is 9.86. The molecule has 1 amide bonds. The SMILES string of the molecule is CSc1ncc(C(=O)OC(C)C(=O)NC2CCCCC2C)n1-c1ccccc1. The minimum atomic E-state index is -0.863. The Balaban J connectivity index is 1.71. The zero-order chi connectivity index (χ0) is 20.1. The molecule has 28 heavy (non-hydrogen) atoms. The van der Waals surface area contributed by atoms with Gasteiger partial charge < -0.3 is 10.1 Å². The van der Waals surface area contributed by atoms with Crippen molar-refractivity contribution in [1.82, 2.24) is 14.9 Å². The van der Waals surface area contributed by atoms with Crippen LogP contribution in [0, 0.1) is 5.92 Å². The smallest absolute Gasteiger partial charge is 0.357 e. The number of thioether (sulfide) groups is 1. The van der Waals surface area contributed by atoms with E-state index in [1.165, 1.54) is 24.4 Å². The van der Waals surface area contributed by atoms with Gasteiger partial charge in [-0.1, -0.05) is 49.7 Å². The molecule has 1 aliphatic rings. The molecule has 1 heterocycles. The first-order chi connectivity index (χ1) is 13.5. The molecular weight excluding hydrogens is 374 g/mol. The first-order valence-corrected chi connectivity index (χ1v) is 10.9. The highest BCUT2D eigenvalue weighted by Crippen LogP contribution is 2.24. The van der Waals surface area contributed by atoms with E-state index >= 15 is 0 Å². The van der Waals surface area contributed by atoms with Crippen molar-refractivity contribution in [2.75, 3.05) is 6.26 Å². The maximum absolute atomic E-state index is 12.8. The third kappa shape index (κ3) is 4.58. The number of benzene rings is 1. The summed E-state index contributed by atoms with van der Waals surface area (Å²) >= 11 is 1.44. The van der Waals surface area contributed by atoms with Gasteiger partial charge in [-0.05, 0) is 44.1 Å². The van der Waals surface area contributed by atoms with Crippen molar-refractivity contribution in [3.63, 3.8) is 0 Å². The van der Waals surface area contributed by atoms with Crippen molar-refractivity contribution in [2.45, 2.75) is 56.8 Å². The Bertz CT molecular complexity index is 822. The van der Waals surface area contributed by atoms with E-state index in [-0.39, 0.29) is 11.9 Å². The van der Waals surface area contributed by atoms with Crippen LogP contribution in [0.2, 0.25) is 0 Å². The Labute approximate surface area is 170 Å². The van der Waals surface area contributed by atoms with E-state index in [1.54, 1.807) is 11.5 Å². The molecule has 1 aliphatic carbocycles. The molecule has 7 heteroatoms. The number of nitrogens with one attached hydrogen (secondary N) is 1. The number of rotatable bonds is 6. The highest BCUT2D eigenvalue weighted by molar-refractivity contribution is 7.98. The largest absolute Gasteiger partial charge is 0.448 e. The summed E-state index contributed by atoms with van der Waals surface area (Å²) in [6, 6.07) is 9.67. The standard InChI is InChI=1S/C21H27N3O3S/c1-14-9-7-8-12-17(14)23-19(25)15(2)27-20(26)18-13-22-21(28-3)24(18)16-10-5-4-6-11-16/h4-6,10-11,13-15,17H,7-9,12H2,1-3H3,(H,23,25). The van der Waals surface area contributed by atoms with Gasteiger partial charge in [-0.2, -0.15) is 0 Å². The third-order valence-corrected chi connectivity index (χ3v) is 5.88. The quantitative estimate of drug-likeness (QED) is 0.588. The van der Waals surface area contributed by atoms with E-state index in [4.69, 9.17) is 4.74 Å². The topological polar surface area (TPSA) is 73.2 Å².